The lowest BCUT2D eigenvalue weighted by molar-refractivity contribution is 0.0996. The van der Waals surface area contributed by atoms with Crippen LogP contribution in [0.2, 0.25) is 0 Å². The number of hydrogen-bond donors (Lipinski definition) is 0. The number of rotatable bonds is 3. The first-order valence-corrected chi connectivity index (χ1v) is 8.18. The molecule has 0 fully saturated rings. The van der Waals surface area contributed by atoms with Crippen molar-refractivity contribution in [3.8, 4) is 5.75 Å². The lowest BCUT2D eigenvalue weighted by Gasteiger charge is -2.17. The van der Waals surface area contributed by atoms with Crippen molar-refractivity contribution in [2.45, 2.75) is 26.4 Å². The summed E-state index contributed by atoms with van der Waals surface area (Å²) < 4.78 is 7.48. The molecule has 2 aromatic carbocycles. The average molecular weight is 320 g/mol. The molecule has 1 amide bonds. The van der Waals surface area contributed by atoms with Crippen molar-refractivity contribution in [1.82, 2.24) is 4.57 Å². The second-order valence-corrected chi connectivity index (χ2v) is 6.47. The summed E-state index contributed by atoms with van der Waals surface area (Å²) in [6, 6.07) is 14.4. The molecule has 4 nitrogen and oxygen atoms in total. The van der Waals surface area contributed by atoms with Gasteiger partial charge in [-0.05, 0) is 55.1 Å². The van der Waals surface area contributed by atoms with Crippen LogP contribution in [0.5, 0.6) is 5.75 Å². The number of methoxy groups -OCH3 is 1. The largest absolute Gasteiger partial charge is 0.497 e. The number of benzene rings is 2. The summed E-state index contributed by atoms with van der Waals surface area (Å²) >= 11 is 0. The highest BCUT2D eigenvalue weighted by atomic mass is 16.5. The topological polar surface area (TPSA) is 34.5 Å². The van der Waals surface area contributed by atoms with Crippen molar-refractivity contribution in [2.75, 3.05) is 12.0 Å². The summed E-state index contributed by atoms with van der Waals surface area (Å²) in [6.07, 6.45) is 2.10. The standard InChI is InChI=1S/C20H20N2O2/c1-13(2)21-9-8-14-4-6-16(10-19(14)21)22-12-15-5-7-17(24-3)11-18(15)20(22)23/h4-11,13H,12H2,1-3H3. The van der Waals surface area contributed by atoms with Gasteiger partial charge in [-0.15, -0.1) is 0 Å². The number of hydrogen-bond acceptors (Lipinski definition) is 2. The maximum Gasteiger partial charge on any atom is 0.259 e. The van der Waals surface area contributed by atoms with E-state index >= 15 is 0 Å². The van der Waals surface area contributed by atoms with Crippen LogP contribution in [0.1, 0.15) is 35.8 Å². The predicted molar refractivity (Wildman–Crippen MR) is 95.8 cm³/mol. The number of anilines is 1. The smallest absolute Gasteiger partial charge is 0.259 e. The van der Waals surface area contributed by atoms with Gasteiger partial charge >= 0.3 is 0 Å². The van der Waals surface area contributed by atoms with Crippen molar-refractivity contribution >= 4 is 22.5 Å². The molecule has 0 saturated carbocycles. The van der Waals surface area contributed by atoms with Gasteiger partial charge in [0.1, 0.15) is 5.75 Å². The highest BCUT2D eigenvalue weighted by Crippen LogP contribution is 2.33. The van der Waals surface area contributed by atoms with Crippen LogP contribution in [0.3, 0.4) is 0 Å². The highest BCUT2D eigenvalue weighted by Gasteiger charge is 2.29. The number of fused-ring (bicyclic) bond motifs is 2. The summed E-state index contributed by atoms with van der Waals surface area (Å²) in [6.45, 7) is 4.93. The Morgan fingerprint density at radius 3 is 2.67 bits per heavy atom. The van der Waals surface area contributed by atoms with E-state index in [-0.39, 0.29) is 5.91 Å². The molecule has 1 aliphatic heterocycles. The molecule has 122 valence electrons. The molecule has 4 rings (SSSR count). The SMILES string of the molecule is COc1ccc2c(c1)C(=O)N(c1ccc3ccn(C(C)C)c3c1)C2. The fourth-order valence-corrected chi connectivity index (χ4v) is 3.37. The maximum atomic E-state index is 12.8. The van der Waals surface area contributed by atoms with Gasteiger partial charge in [0.05, 0.1) is 19.2 Å². The minimum atomic E-state index is 0.0332. The Bertz CT molecular complexity index is 940. The molecule has 24 heavy (non-hydrogen) atoms. The van der Waals surface area contributed by atoms with E-state index in [1.165, 1.54) is 5.39 Å². The first-order valence-electron chi connectivity index (χ1n) is 8.18. The van der Waals surface area contributed by atoms with Gasteiger partial charge in [0.15, 0.2) is 0 Å². The Morgan fingerprint density at radius 2 is 1.92 bits per heavy atom. The molecule has 0 N–H and O–H groups in total. The van der Waals surface area contributed by atoms with Crippen molar-refractivity contribution < 1.29 is 9.53 Å². The lowest BCUT2D eigenvalue weighted by atomic mass is 10.1. The van der Waals surface area contributed by atoms with Gasteiger partial charge in [0.25, 0.3) is 5.91 Å². The van der Waals surface area contributed by atoms with Crippen molar-refractivity contribution in [1.29, 1.82) is 0 Å². The number of aromatic nitrogens is 1. The van der Waals surface area contributed by atoms with Gasteiger partial charge in [-0.3, -0.25) is 4.79 Å². The summed E-state index contributed by atoms with van der Waals surface area (Å²) in [5.41, 5.74) is 3.86. The molecule has 0 aliphatic carbocycles. The Labute approximate surface area is 141 Å². The van der Waals surface area contributed by atoms with Crippen LogP contribution in [0, 0.1) is 0 Å². The summed E-state index contributed by atoms with van der Waals surface area (Å²) in [5.74, 6) is 0.749. The Kier molecular flexibility index (Phi) is 3.34. The molecule has 2 heterocycles. The second kappa shape index (κ2) is 5.41. The molecule has 3 aromatic rings. The molecule has 0 bridgehead atoms. The van der Waals surface area contributed by atoms with E-state index < -0.39 is 0 Å². The van der Waals surface area contributed by atoms with Crippen LogP contribution in [0.4, 0.5) is 5.69 Å². The number of nitrogens with zero attached hydrogens (tertiary/aromatic N) is 2. The fraction of sp³-hybridized carbons (Fsp3) is 0.250. The van der Waals surface area contributed by atoms with Crippen LogP contribution < -0.4 is 9.64 Å². The molecule has 0 unspecified atom stereocenters. The van der Waals surface area contributed by atoms with Crippen LogP contribution in [-0.2, 0) is 6.54 Å². The zero-order valence-electron chi connectivity index (χ0n) is 14.1. The summed E-state index contributed by atoms with van der Waals surface area (Å²) in [5, 5.41) is 1.19. The van der Waals surface area contributed by atoms with E-state index in [1.807, 2.05) is 29.2 Å². The second-order valence-electron chi connectivity index (χ2n) is 6.47. The van der Waals surface area contributed by atoms with E-state index in [1.54, 1.807) is 7.11 Å². The third-order valence-corrected chi connectivity index (χ3v) is 4.70. The molecular weight excluding hydrogens is 300 g/mol. The number of amides is 1. The Hall–Kier alpha value is -2.75. The van der Waals surface area contributed by atoms with E-state index in [0.717, 1.165) is 22.3 Å². The van der Waals surface area contributed by atoms with Crippen LogP contribution >= 0.6 is 0 Å². The maximum absolute atomic E-state index is 12.8. The Balaban J connectivity index is 1.76. The number of carbonyl (C=O) groups is 1. The minimum Gasteiger partial charge on any atom is -0.497 e. The first kappa shape index (κ1) is 14.8. The van der Waals surface area contributed by atoms with Gasteiger partial charge in [-0.25, -0.2) is 0 Å². The molecule has 1 aliphatic rings. The van der Waals surface area contributed by atoms with E-state index in [2.05, 4.69) is 42.8 Å². The van der Waals surface area contributed by atoms with E-state index in [9.17, 15) is 4.79 Å². The van der Waals surface area contributed by atoms with Crippen molar-refractivity contribution in [2.24, 2.45) is 0 Å². The van der Waals surface area contributed by atoms with Gasteiger partial charge < -0.3 is 14.2 Å². The fourth-order valence-electron chi connectivity index (χ4n) is 3.37. The summed E-state index contributed by atoms with van der Waals surface area (Å²) in [7, 11) is 1.62. The van der Waals surface area contributed by atoms with Crippen LogP contribution in [0.25, 0.3) is 10.9 Å². The zero-order valence-corrected chi connectivity index (χ0v) is 14.1. The first-order chi connectivity index (χ1) is 11.6. The van der Waals surface area contributed by atoms with Gasteiger partial charge in [0, 0.05) is 23.5 Å². The van der Waals surface area contributed by atoms with Crippen molar-refractivity contribution in [3.63, 3.8) is 0 Å². The van der Waals surface area contributed by atoms with Crippen LogP contribution in [0.15, 0.2) is 48.7 Å². The van der Waals surface area contributed by atoms with E-state index in [0.29, 0.717) is 18.3 Å². The van der Waals surface area contributed by atoms with Crippen molar-refractivity contribution in [3.05, 3.63) is 59.8 Å². The predicted octanol–water partition coefficient (Wildman–Crippen LogP) is 4.39. The molecule has 4 heteroatoms. The molecule has 0 spiro atoms. The zero-order chi connectivity index (χ0) is 16.8. The lowest BCUT2D eigenvalue weighted by Crippen LogP contribution is -2.22. The van der Waals surface area contributed by atoms with E-state index in [4.69, 9.17) is 4.74 Å². The number of carbonyl (C=O) groups excluding carboxylic acids is 1. The minimum absolute atomic E-state index is 0.0332. The monoisotopic (exact) mass is 320 g/mol. The molecule has 1 aromatic heterocycles. The Morgan fingerprint density at radius 1 is 1.08 bits per heavy atom. The van der Waals surface area contributed by atoms with Crippen LogP contribution in [-0.4, -0.2) is 17.6 Å². The normalized spacial score (nSPS) is 13.8. The third-order valence-electron chi connectivity index (χ3n) is 4.70. The third kappa shape index (κ3) is 2.18. The quantitative estimate of drug-likeness (QED) is 0.717. The molecule has 0 atom stereocenters. The average Bonchev–Trinajstić information content (AvgIpc) is 3.15. The van der Waals surface area contributed by atoms with Gasteiger partial charge in [-0.1, -0.05) is 12.1 Å². The van der Waals surface area contributed by atoms with Gasteiger partial charge in [0.2, 0.25) is 0 Å². The number of ether oxygens (including phenoxy) is 1. The molecule has 0 saturated heterocycles. The molecular formula is C20H20N2O2. The highest BCUT2D eigenvalue weighted by molar-refractivity contribution is 6.10. The van der Waals surface area contributed by atoms with Gasteiger partial charge in [-0.2, -0.15) is 0 Å². The molecule has 0 radical (unpaired) electrons. The summed E-state index contributed by atoms with van der Waals surface area (Å²) in [4.78, 5) is 14.7.